The molecule has 0 saturated heterocycles. The van der Waals surface area contributed by atoms with Crippen LogP contribution in [-0.4, -0.2) is 23.1 Å². The van der Waals surface area contributed by atoms with Crippen LogP contribution in [0, 0.1) is 24.0 Å². The molecule has 21 heavy (non-hydrogen) atoms. The molecule has 0 amide bonds. The number of non-ortho nitro benzene ring substituents is 1. The lowest BCUT2D eigenvalue weighted by Gasteiger charge is -2.11. The molecule has 1 aromatic carbocycles. The molecular weight excluding hydrogens is 296 g/mol. The number of nitro benzene ring substituents is 1. The zero-order chi connectivity index (χ0) is 15.8. The Hall–Kier alpha value is -2.42. The van der Waals surface area contributed by atoms with Crippen LogP contribution in [0.4, 0.5) is 11.4 Å². The highest BCUT2D eigenvalue weighted by Crippen LogP contribution is 2.27. The van der Waals surface area contributed by atoms with E-state index in [2.05, 4.69) is 9.82 Å². The van der Waals surface area contributed by atoms with Gasteiger partial charge in [0.15, 0.2) is 0 Å². The molecule has 1 heterocycles. The van der Waals surface area contributed by atoms with E-state index in [4.69, 9.17) is 0 Å². The van der Waals surface area contributed by atoms with Crippen molar-refractivity contribution in [1.82, 2.24) is 9.78 Å². The first-order chi connectivity index (χ1) is 9.70. The molecule has 0 aliphatic rings. The Balaban J connectivity index is 2.47. The van der Waals surface area contributed by atoms with Crippen LogP contribution >= 0.6 is 0 Å². The van der Waals surface area contributed by atoms with Crippen molar-refractivity contribution in [3.05, 3.63) is 45.8 Å². The molecule has 0 saturated carbocycles. The molecule has 0 unspecified atom stereocenters. The highest BCUT2D eigenvalue weighted by molar-refractivity contribution is 7.92. The second-order valence-electron chi connectivity index (χ2n) is 4.67. The molecule has 2 rings (SSSR count). The maximum absolute atomic E-state index is 12.4. The third kappa shape index (κ3) is 3.02. The second kappa shape index (κ2) is 5.17. The quantitative estimate of drug-likeness (QED) is 0.683. The third-order valence-electron chi connectivity index (χ3n) is 2.88. The van der Waals surface area contributed by atoms with Gasteiger partial charge in [0, 0.05) is 25.4 Å². The smallest absolute Gasteiger partial charge is 0.270 e. The van der Waals surface area contributed by atoms with E-state index in [-0.39, 0.29) is 10.6 Å². The SMILES string of the molecule is Cc1cc([N+](=O)[O-])cc(C)c1S(=O)(=O)Nc1cnn(C)c1. The van der Waals surface area contributed by atoms with E-state index in [1.807, 2.05) is 0 Å². The first-order valence-electron chi connectivity index (χ1n) is 5.98. The van der Waals surface area contributed by atoms with Gasteiger partial charge in [-0.05, 0) is 25.0 Å². The summed E-state index contributed by atoms with van der Waals surface area (Å²) in [7, 11) is -2.16. The Morgan fingerprint density at radius 2 is 1.86 bits per heavy atom. The molecule has 1 aromatic heterocycles. The molecule has 0 aliphatic heterocycles. The number of nitro groups is 1. The normalized spacial score (nSPS) is 11.4. The largest absolute Gasteiger partial charge is 0.276 e. The summed E-state index contributed by atoms with van der Waals surface area (Å²) in [5, 5.41) is 14.7. The van der Waals surface area contributed by atoms with Crippen LogP contribution in [-0.2, 0) is 17.1 Å². The van der Waals surface area contributed by atoms with Crippen molar-refractivity contribution in [3.8, 4) is 0 Å². The van der Waals surface area contributed by atoms with Crippen LogP contribution in [0.2, 0.25) is 0 Å². The van der Waals surface area contributed by atoms with Crippen LogP contribution in [0.15, 0.2) is 29.4 Å². The van der Waals surface area contributed by atoms with Crippen LogP contribution in [0.1, 0.15) is 11.1 Å². The van der Waals surface area contributed by atoms with Gasteiger partial charge in [0.2, 0.25) is 0 Å². The number of rotatable bonds is 4. The second-order valence-corrected chi connectivity index (χ2v) is 6.29. The Morgan fingerprint density at radius 3 is 2.29 bits per heavy atom. The fourth-order valence-electron chi connectivity index (χ4n) is 2.14. The summed E-state index contributed by atoms with van der Waals surface area (Å²) in [6.07, 6.45) is 2.90. The Labute approximate surface area is 121 Å². The molecule has 0 bridgehead atoms. The zero-order valence-corrected chi connectivity index (χ0v) is 12.5. The van der Waals surface area contributed by atoms with Crippen molar-refractivity contribution in [3.63, 3.8) is 0 Å². The Bertz CT molecular complexity index is 787. The first-order valence-corrected chi connectivity index (χ1v) is 7.46. The molecule has 0 spiro atoms. The molecule has 8 nitrogen and oxygen atoms in total. The van der Waals surface area contributed by atoms with Gasteiger partial charge in [0.1, 0.15) is 0 Å². The van der Waals surface area contributed by atoms with Crippen molar-refractivity contribution < 1.29 is 13.3 Å². The van der Waals surface area contributed by atoms with Gasteiger partial charge in [-0.15, -0.1) is 0 Å². The molecule has 0 radical (unpaired) electrons. The maximum Gasteiger partial charge on any atom is 0.270 e. The monoisotopic (exact) mass is 310 g/mol. The number of aromatic nitrogens is 2. The summed E-state index contributed by atoms with van der Waals surface area (Å²) < 4.78 is 28.7. The summed E-state index contributed by atoms with van der Waals surface area (Å²) in [5.74, 6) is 0. The number of benzene rings is 1. The number of aryl methyl sites for hydroxylation is 3. The lowest BCUT2D eigenvalue weighted by molar-refractivity contribution is -0.385. The number of hydrogen-bond acceptors (Lipinski definition) is 5. The molecule has 0 aliphatic carbocycles. The first kappa shape index (κ1) is 15.0. The average molecular weight is 310 g/mol. The van der Waals surface area contributed by atoms with Crippen LogP contribution in [0.25, 0.3) is 0 Å². The number of hydrogen-bond donors (Lipinski definition) is 1. The molecule has 9 heteroatoms. The van der Waals surface area contributed by atoms with E-state index in [1.165, 1.54) is 43.1 Å². The molecular formula is C12H14N4O4S. The molecule has 2 aromatic rings. The minimum Gasteiger partial charge on any atom is -0.276 e. The molecule has 112 valence electrons. The predicted octanol–water partition coefficient (Wildman–Crippen LogP) is 1.75. The number of nitrogens with zero attached hydrogens (tertiary/aromatic N) is 3. The van der Waals surface area contributed by atoms with Crippen LogP contribution < -0.4 is 4.72 Å². The number of sulfonamides is 1. The fraction of sp³-hybridized carbons (Fsp3) is 0.250. The minimum atomic E-state index is -3.83. The van der Waals surface area contributed by atoms with E-state index in [1.54, 1.807) is 7.05 Å². The van der Waals surface area contributed by atoms with Gasteiger partial charge in [-0.1, -0.05) is 0 Å². The Morgan fingerprint density at radius 1 is 1.29 bits per heavy atom. The lowest BCUT2D eigenvalue weighted by atomic mass is 10.1. The molecule has 1 N–H and O–H groups in total. The standard InChI is InChI=1S/C12H14N4O4S/c1-8-4-11(16(17)18)5-9(2)12(8)21(19,20)14-10-6-13-15(3)7-10/h4-7,14H,1-3H3. The number of anilines is 1. The summed E-state index contributed by atoms with van der Waals surface area (Å²) in [6.45, 7) is 3.05. The van der Waals surface area contributed by atoms with E-state index in [0.29, 0.717) is 16.8 Å². The van der Waals surface area contributed by atoms with Crippen LogP contribution in [0.5, 0.6) is 0 Å². The van der Waals surface area contributed by atoms with Gasteiger partial charge >= 0.3 is 0 Å². The van der Waals surface area contributed by atoms with Crippen molar-refractivity contribution in [2.45, 2.75) is 18.7 Å². The highest BCUT2D eigenvalue weighted by Gasteiger charge is 2.23. The fourth-order valence-corrected chi connectivity index (χ4v) is 3.62. The van der Waals surface area contributed by atoms with Gasteiger partial charge < -0.3 is 0 Å². The molecule has 0 fully saturated rings. The third-order valence-corrected chi connectivity index (χ3v) is 4.57. The van der Waals surface area contributed by atoms with Crippen molar-refractivity contribution in [2.24, 2.45) is 7.05 Å². The highest BCUT2D eigenvalue weighted by atomic mass is 32.2. The summed E-state index contributed by atoms with van der Waals surface area (Å²) in [5.41, 5.74) is 0.830. The van der Waals surface area contributed by atoms with Gasteiger partial charge in [0.25, 0.3) is 15.7 Å². The van der Waals surface area contributed by atoms with Gasteiger partial charge in [0.05, 0.1) is 21.7 Å². The van der Waals surface area contributed by atoms with Crippen molar-refractivity contribution in [2.75, 3.05) is 4.72 Å². The van der Waals surface area contributed by atoms with Crippen LogP contribution in [0.3, 0.4) is 0 Å². The van der Waals surface area contributed by atoms with E-state index in [9.17, 15) is 18.5 Å². The maximum atomic E-state index is 12.4. The van der Waals surface area contributed by atoms with E-state index >= 15 is 0 Å². The molecule has 0 atom stereocenters. The summed E-state index contributed by atoms with van der Waals surface area (Å²) in [4.78, 5) is 10.3. The summed E-state index contributed by atoms with van der Waals surface area (Å²) in [6, 6.07) is 2.48. The Kier molecular flexibility index (Phi) is 3.69. The van der Waals surface area contributed by atoms with Crippen molar-refractivity contribution >= 4 is 21.4 Å². The van der Waals surface area contributed by atoms with E-state index < -0.39 is 14.9 Å². The topological polar surface area (TPSA) is 107 Å². The van der Waals surface area contributed by atoms with Gasteiger partial charge in [-0.2, -0.15) is 5.10 Å². The minimum absolute atomic E-state index is 0.0388. The lowest BCUT2D eigenvalue weighted by Crippen LogP contribution is -2.15. The number of nitrogens with one attached hydrogen (secondary N) is 1. The average Bonchev–Trinajstić information content (AvgIpc) is 2.72. The summed E-state index contributed by atoms with van der Waals surface area (Å²) >= 11 is 0. The predicted molar refractivity (Wildman–Crippen MR) is 76.6 cm³/mol. The zero-order valence-electron chi connectivity index (χ0n) is 11.7. The van der Waals surface area contributed by atoms with Crippen molar-refractivity contribution in [1.29, 1.82) is 0 Å². The van der Waals surface area contributed by atoms with Gasteiger partial charge in [-0.3, -0.25) is 19.5 Å². The van der Waals surface area contributed by atoms with Gasteiger partial charge in [-0.25, -0.2) is 8.42 Å². The van der Waals surface area contributed by atoms with E-state index in [0.717, 1.165) is 0 Å².